The van der Waals surface area contributed by atoms with Gasteiger partial charge in [0, 0.05) is 11.1 Å². The van der Waals surface area contributed by atoms with Crippen molar-refractivity contribution in [2.24, 2.45) is 23.2 Å². The van der Waals surface area contributed by atoms with Gasteiger partial charge in [-0.3, -0.25) is 4.79 Å². The summed E-state index contributed by atoms with van der Waals surface area (Å²) in [5.41, 5.74) is 0.0873. The number of carbonyl (C=O) groups is 1. The molecule has 0 radical (unpaired) electrons. The molecule has 2 aromatic rings. The second-order valence-electron chi connectivity index (χ2n) is 8.73. The van der Waals surface area contributed by atoms with E-state index in [-0.39, 0.29) is 11.5 Å². The lowest BCUT2D eigenvalue weighted by atomic mass is 10.1. The highest BCUT2D eigenvalue weighted by Crippen LogP contribution is 2.64. The molecule has 4 unspecified atom stereocenters. The third-order valence-corrected chi connectivity index (χ3v) is 6.33. The van der Waals surface area contributed by atoms with Crippen LogP contribution in [0.25, 0.3) is 0 Å². The number of benzene rings is 2. The number of para-hydroxylation sites is 1. The Balaban J connectivity index is 1.46. The molecule has 2 aliphatic carbocycles. The largest absolute Gasteiger partial charge is 0.457 e. The van der Waals surface area contributed by atoms with Crippen molar-refractivity contribution in [3.05, 3.63) is 71.8 Å². The van der Waals surface area contributed by atoms with Crippen molar-refractivity contribution in [1.29, 1.82) is 5.26 Å². The van der Waals surface area contributed by atoms with Gasteiger partial charge in [-0.15, -0.1) is 0 Å². The molecule has 0 saturated heterocycles. The normalized spacial score (nSPS) is 27.1. The van der Waals surface area contributed by atoms with Crippen LogP contribution in [0.3, 0.4) is 0 Å². The molecule has 4 nitrogen and oxygen atoms in total. The number of esters is 1. The first-order valence-electron chi connectivity index (χ1n) is 10.2. The molecule has 4 rings (SSSR count). The maximum Gasteiger partial charge on any atom is 0.311 e. The van der Waals surface area contributed by atoms with E-state index in [4.69, 9.17) is 9.47 Å². The lowest BCUT2D eigenvalue weighted by Crippen LogP contribution is -2.14. The molecule has 31 heavy (non-hydrogen) atoms. The minimum absolute atomic E-state index is 0.0865. The Morgan fingerprint density at radius 1 is 1.13 bits per heavy atom. The number of ether oxygens (including phenoxy) is 2. The van der Waals surface area contributed by atoms with E-state index in [0.29, 0.717) is 17.1 Å². The van der Waals surface area contributed by atoms with E-state index in [0.717, 1.165) is 0 Å². The van der Waals surface area contributed by atoms with Gasteiger partial charge in [0.2, 0.25) is 6.10 Å². The average molecular weight is 423 g/mol. The smallest absolute Gasteiger partial charge is 0.311 e. The maximum atomic E-state index is 13.6. The van der Waals surface area contributed by atoms with E-state index in [2.05, 4.69) is 0 Å². The van der Waals surface area contributed by atoms with Gasteiger partial charge in [0.1, 0.15) is 17.6 Å². The molecule has 2 aromatic carbocycles. The van der Waals surface area contributed by atoms with Gasteiger partial charge in [-0.1, -0.05) is 57.2 Å². The second kappa shape index (κ2) is 7.49. The van der Waals surface area contributed by atoms with E-state index in [9.17, 15) is 18.8 Å². The second-order valence-corrected chi connectivity index (χ2v) is 8.73. The third-order valence-electron chi connectivity index (χ3n) is 6.33. The Labute approximate surface area is 180 Å². The van der Waals surface area contributed by atoms with Gasteiger partial charge in [-0.05, 0) is 35.6 Å². The number of alkyl halides is 2. The summed E-state index contributed by atoms with van der Waals surface area (Å²) in [5.74, 6) is -3.82. The molecule has 0 amide bonds. The molecule has 0 N–H and O–H groups in total. The van der Waals surface area contributed by atoms with Gasteiger partial charge < -0.3 is 9.47 Å². The fraction of sp³-hybridized carbons (Fsp3) is 0.360. The van der Waals surface area contributed by atoms with Crippen LogP contribution in [0.1, 0.15) is 32.4 Å². The molecule has 0 aliphatic heterocycles. The van der Waals surface area contributed by atoms with Gasteiger partial charge in [-0.2, -0.15) is 5.26 Å². The summed E-state index contributed by atoms with van der Waals surface area (Å²) in [6, 6.07) is 18.0. The van der Waals surface area contributed by atoms with Crippen molar-refractivity contribution in [3.63, 3.8) is 0 Å². The summed E-state index contributed by atoms with van der Waals surface area (Å²) in [7, 11) is 0. The molecule has 4 atom stereocenters. The SMILES string of the molecule is CC1C(=CC2C(C(=O)OC(C#N)c3cccc(Oc4ccccc4)c3)C2(C)C)C1(F)F. The number of allylic oxidation sites excluding steroid dienone is 2. The van der Waals surface area contributed by atoms with Crippen LogP contribution in [0, 0.1) is 34.5 Å². The summed E-state index contributed by atoms with van der Waals surface area (Å²) < 4.78 is 38.5. The van der Waals surface area contributed by atoms with Gasteiger partial charge in [0.05, 0.1) is 11.8 Å². The van der Waals surface area contributed by atoms with Crippen LogP contribution < -0.4 is 4.74 Å². The molecular formula is C25H23F2NO3. The molecule has 0 heterocycles. The Kier molecular flexibility index (Phi) is 5.09. The summed E-state index contributed by atoms with van der Waals surface area (Å²) in [6.45, 7) is 5.17. The van der Waals surface area contributed by atoms with E-state index < -0.39 is 35.2 Å². The Hall–Kier alpha value is -3.20. The highest BCUT2D eigenvalue weighted by Gasteiger charge is 2.66. The first-order chi connectivity index (χ1) is 14.7. The Morgan fingerprint density at radius 3 is 2.39 bits per heavy atom. The predicted molar refractivity (Wildman–Crippen MR) is 110 cm³/mol. The van der Waals surface area contributed by atoms with Crippen LogP contribution >= 0.6 is 0 Å². The predicted octanol–water partition coefficient (Wildman–Crippen LogP) is 6.07. The van der Waals surface area contributed by atoms with Crippen LogP contribution in [0.5, 0.6) is 11.5 Å². The average Bonchev–Trinajstić information content (AvgIpc) is 3.47. The Bertz CT molecular complexity index is 1070. The van der Waals surface area contributed by atoms with Crippen molar-refractivity contribution in [2.45, 2.75) is 32.8 Å². The molecule has 0 bridgehead atoms. The number of hydrogen-bond acceptors (Lipinski definition) is 4. The van der Waals surface area contributed by atoms with E-state index >= 15 is 0 Å². The van der Waals surface area contributed by atoms with Gasteiger partial charge >= 0.3 is 5.97 Å². The summed E-state index contributed by atoms with van der Waals surface area (Å²) in [5, 5.41) is 9.59. The number of rotatable bonds is 6. The Morgan fingerprint density at radius 2 is 1.77 bits per heavy atom. The molecule has 6 heteroatoms. The fourth-order valence-electron chi connectivity index (χ4n) is 4.05. The van der Waals surface area contributed by atoms with Crippen LogP contribution in [0.15, 0.2) is 66.2 Å². The van der Waals surface area contributed by atoms with Gasteiger partial charge in [-0.25, -0.2) is 8.78 Å². The minimum Gasteiger partial charge on any atom is -0.457 e. The minimum atomic E-state index is -2.78. The molecule has 2 fully saturated rings. The quantitative estimate of drug-likeness (QED) is 0.418. The summed E-state index contributed by atoms with van der Waals surface area (Å²) in [6.07, 6.45) is 0.407. The number of nitriles is 1. The molecule has 2 aliphatic rings. The van der Waals surface area contributed by atoms with Crippen LogP contribution in [0.2, 0.25) is 0 Å². The van der Waals surface area contributed by atoms with Gasteiger partial charge in [0.15, 0.2) is 0 Å². The molecule has 0 spiro atoms. The first kappa shape index (κ1) is 21.0. The topological polar surface area (TPSA) is 59.3 Å². The van der Waals surface area contributed by atoms with Crippen LogP contribution in [-0.4, -0.2) is 11.9 Å². The highest BCUT2D eigenvalue weighted by atomic mass is 19.3. The zero-order chi connectivity index (χ0) is 22.4. The first-order valence-corrected chi connectivity index (χ1v) is 10.2. The van der Waals surface area contributed by atoms with E-state index in [1.807, 2.05) is 50.2 Å². The lowest BCUT2D eigenvalue weighted by Gasteiger charge is -2.13. The molecule has 2 saturated carbocycles. The van der Waals surface area contributed by atoms with Crippen molar-refractivity contribution in [2.75, 3.05) is 0 Å². The van der Waals surface area contributed by atoms with Crippen LogP contribution in [0.4, 0.5) is 8.78 Å². The number of hydrogen-bond donors (Lipinski definition) is 0. The fourth-order valence-corrected chi connectivity index (χ4v) is 4.05. The third kappa shape index (κ3) is 3.93. The lowest BCUT2D eigenvalue weighted by molar-refractivity contribution is -0.149. The molecule has 0 aromatic heterocycles. The van der Waals surface area contributed by atoms with Crippen molar-refractivity contribution < 1.29 is 23.0 Å². The van der Waals surface area contributed by atoms with Crippen molar-refractivity contribution >= 4 is 5.97 Å². The summed E-state index contributed by atoms with van der Waals surface area (Å²) in [4.78, 5) is 12.8. The van der Waals surface area contributed by atoms with Crippen molar-refractivity contribution in [1.82, 2.24) is 0 Å². The number of nitrogens with zero attached hydrogens (tertiary/aromatic N) is 1. The number of halogens is 2. The maximum absolute atomic E-state index is 13.6. The zero-order valence-corrected chi connectivity index (χ0v) is 17.5. The van der Waals surface area contributed by atoms with Crippen molar-refractivity contribution in [3.8, 4) is 17.6 Å². The monoisotopic (exact) mass is 423 g/mol. The number of carbonyl (C=O) groups excluding carboxylic acids is 1. The zero-order valence-electron chi connectivity index (χ0n) is 17.5. The standard InChI is InChI=1S/C25H23F2NO3/c1-15-19(25(15,26)27)13-20-22(24(20,2)3)23(29)31-21(14-28)16-8-7-11-18(12-16)30-17-9-5-4-6-10-17/h4-13,15,20-22H,1-3H3. The summed E-state index contributed by atoms with van der Waals surface area (Å²) >= 11 is 0. The van der Waals surface area contributed by atoms with E-state index in [1.54, 1.807) is 24.3 Å². The van der Waals surface area contributed by atoms with Gasteiger partial charge in [0.25, 0.3) is 5.92 Å². The molecule has 160 valence electrons. The van der Waals surface area contributed by atoms with Crippen LogP contribution in [-0.2, 0) is 9.53 Å². The highest BCUT2D eigenvalue weighted by molar-refractivity contribution is 5.79. The molecular weight excluding hydrogens is 400 g/mol. The van der Waals surface area contributed by atoms with E-state index in [1.165, 1.54) is 13.0 Å².